The number of aromatic hydroxyl groups is 1. The van der Waals surface area contributed by atoms with Crippen LogP contribution in [0.4, 0.5) is 0 Å². The minimum Gasteiger partial charge on any atom is -0.491 e. The monoisotopic (exact) mass is 136 g/mol. The molecule has 50 valence electrons. The minimum atomic E-state index is -0.108. The van der Waals surface area contributed by atoms with Gasteiger partial charge >= 0.3 is 0 Å². The first-order valence-electron chi connectivity index (χ1n) is 2.77. The van der Waals surface area contributed by atoms with Gasteiger partial charge in [0, 0.05) is 6.20 Å². The lowest BCUT2D eigenvalue weighted by Crippen LogP contribution is -1.68. The molecule has 10 heavy (non-hydrogen) atoms. The number of nitrogens with zero attached hydrogens (tertiary/aromatic N) is 2. The van der Waals surface area contributed by atoms with Gasteiger partial charge in [0.05, 0.1) is 0 Å². The topological polar surface area (TPSA) is 59.2 Å². The molecule has 0 bridgehead atoms. The molecule has 0 aliphatic rings. The second-order valence-corrected chi connectivity index (χ2v) is 1.86. The molecule has 0 saturated carbocycles. The molecule has 0 amide bonds. The zero-order valence-electron chi connectivity index (χ0n) is 4.98. The van der Waals surface area contributed by atoms with Gasteiger partial charge in [0.1, 0.15) is 5.39 Å². The SMILES string of the molecule is Oc1noc2ncccc12. The molecule has 0 radical (unpaired) electrons. The van der Waals surface area contributed by atoms with Gasteiger partial charge in [-0.3, -0.25) is 0 Å². The maximum absolute atomic E-state index is 8.97. The summed E-state index contributed by atoms with van der Waals surface area (Å²) in [6, 6.07) is 3.40. The van der Waals surface area contributed by atoms with Gasteiger partial charge in [-0.2, -0.15) is 0 Å². The van der Waals surface area contributed by atoms with Crippen molar-refractivity contribution < 1.29 is 9.63 Å². The molecule has 4 nitrogen and oxygen atoms in total. The average molecular weight is 136 g/mol. The zero-order valence-corrected chi connectivity index (χ0v) is 4.98. The van der Waals surface area contributed by atoms with E-state index in [-0.39, 0.29) is 5.88 Å². The maximum atomic E-state index is 8.97. The Morgan fingerprint density at radius 2 is 2.40 bits per heavy atom. The summed E-state index contributed by atoms with van der Waals surface area (Å²) in [5, 5.41) is 12.8. The highest BCUT2D eigenvalue weighted by Crippen LogP contribution is 2.19. The van der Waals surface area contributed by atoms with E-state index in [9.17, 15) is 0 Å². The van der Waals surface area contributed by atoms with Gasteiger partial charge in [-0.05, 0) is 17.3 Å². The van der Waals surface area contributed by atoms with Crippen LogP contribution in [0.15, 0.2) is 22.9 Å². The number of fused-ring (bicyclic) bond motifs is 1. The van der Waals surface area contributed by atoms with Crippen LogP contribution in [0.5, 0.6) is 5.88 Å². The smallest absolute Gasteiger partial charge is 0.261 e. The fraction of sp³-hybridized carbons (Fsp3) is 0. The van der Waals surface area contributed by atoms with Gasteiger partial charge in [0.15, 0.2) is 0 Å². The van der Waals surface area contributed by atoms with E-state index in [1.165, 1.54) is 0 Å². The largest absolute Gasteiger partial charge is 0.491 e. The molecule has 1 N–H and O–H groups in total. The van der Waals surface area contributed by atoms with Gasteiger partial charge in [0.2, 0.25) is 0 Å². The lowest BCUT2D eigenvalue weighted by atomic mass is 10.4. The molecule has 2 aromatic heterocycles. The van der Waals surface area contributed by atoms with Crippen LogP contribution >= 0.6 is 0 Å². The summed E-state index contributed by atoms with van der Waals surface area (Å²) in [7, 11) is 0. The lowest BCUT2D eigenvalue weighted by Gasteiger charge is -1.80. The predicted molar refractivity (Wildman–Crippen MR) is 33.5 cm³/mol. The summed E-state index contributed by atoms with van der Waals surface area (Å²) in [5.74, 6) is -0.108. The van der Waals surface area contributed by atoms with Crippen molar-refractivity contribution in [1.29, 1.82) is 0 Å². The maximum Gasteiger partial charge on any atom is 0.261 e. The van der Waals surface area contributed by atoms with Gasteiger partial charge in [0.25, 0.3) is 11.6 Å². The third-order valence-corrected chi connectivity index (χ3v) is 1.23. The first kappa shape index (κ1) is 5.22. The van der Waals surface area contributed by atoms with Gasteiger partial charge < -0.3 is 9.63 Å². The highest BCUT2D eigenvalue weighted by molar-refractivity contribution is 5.77. The van der Waals surface area contributed by atoms with Crippen molar-refractivity contribution in [2.75, 3.05) is 0 Å². The van der Waals surface area contributed by atoms with E-state index >= 15 is 0 Å². The van der Waals surface area contributed by atoms with Crippen molar-refractivity contribution in [3.05, 3.63) is 18.3 Å². The highest BCUT2D eigenvalue weighted by atomic mass is 16.5. The van der Waals surface area contributed by atoms with Crippen LogP contribution in [-0.2, 0) is 0 Å². The van der Waals surface area contributed by atoms with E-state index in [0.717, 1.165) is 0 Å². The molecule has 0 aromatic carbocycles. The van der Waals surface area contributed by atoms with Crippen LogP contribution in [0.25, 0.3) is 11.1 Å². The Hall–Kier alpha value is -1.58. The van der Waals surface area contributed by atoms with Crippen LogP contribution in [0, 0.1) is 0 Å². The van der Waals surface area contributed by atoms with Crippen LogP contribution in [0.3, 0.4) is 0 Å². The molecule has 0 aliphatic carbocycles. The van der Waals surface area contributed by atoms with Crippen molar-refractivity contribution >= 4 is 11.1 Å². The lowest BCUT2D eigenvalue weighted by molar-refractivity contribution is 0.373. The highest BCUT2D eigenvalue weighted by Gasteiger charge is 2.04. The molecular weight excluding hydrogens is 132 g/mol. The molecule has 0 atom stereocenters. The summed E-state index contributed by atoms with van der Waals surface area (Å²) < 4.78 is 4.64. The summed E-state index contributed by atoms with van der Waals surface area (Å²) in [6.45, 7) is 0. The first-order chi connectivity index (χ1) is 4.88. The molecule has 0 unspecified atom stereocenters. The average Bonchev–Trinajstić information content (AvgIpc) is 2.34. The van der Waals surface area contributed by atoms with Gasteiger partial charge in [-0.1, -0.05) is 0 Å². The van der Waals surface area contributed by atoms with Gasteiger partial charge in [-0.15, -0.1) is 0 Å². The Morgan fingerprint density at radius 3 is 3.20 bits per heavy atom. The fourth-order valence-electron chi connectivity index (χ4n) is 0.769. The Kier molecular flexibility index (Phi) is 0.887. The number of rotatable bonds is 0. The van der Waals surface area contributed by atoms with Crippen molar-refractivity contribution in [3.63, 3.8) is 0 Å². The molecule has 2 heterocycles. The zero-order chi connectivity index (χ0) is 6.97. The number of pyridine rings is 1. The summed E-state index contributed by atoms with van der Waals surface area (Å²) in [5.41, 5.74) is 0.361. The quantitative estimate of drug-likeness (QED) is 0.585. The summed E-state index contributed by atoms with van der Waals surface area (Å²) in [4.78, 5) is 3.81. The van der Waals surface area contributed by atoms with Gasteiger partial charge in [-0.25, -0.2) is 4.98 Å². The van der Waals surface area contributed by atoms with Crippen molar-refractivity contribution in [1.82, 2.24) is 10.1 Å². The fourth-order valence-corrected chi connectivity index (χ4v) is 0.769. The number of aromatic nitrogens is 2. The van der Waals surface area contributed by atoms with Crippen molar-refractivity contribution in [2.45, 2.75) is 0 Å². The molecule has 0 saturated heterocycles. The van der Waals surface area contributed by atoms with E-state index in [2.05, 4.69) is 14.7 Å². The third-order valence-electron chi connectivity index (χ3n) is 1.23. The first-order valence-corrected chi connectivity index (χ1v) is 2.77. The van der Waals surface area contributed by atoms with Crippen LogP contribution in [-0.4, -0.2) is 15.2 Å². The Morgan fingerprint density at radius 1 is 1.50 bits per heavy atom. The van der Waals surface area contributed by atoms with Crippen molar-refractivity contribution in [2.24, 2.45) is 0 Å². The van der Waals surface area contributed by atoms with E-state index in [0.29, 0.717) is 11.1 Å². The normalized spacial score (nSPS) is 10.4. The Labute approximate surface area is 56.1 Å². The molecule has 0 fully saturated rings. The Bertz CT molecular complexity index is 355. The number of hydrogen-bond donors (Lipinski definition) is 1. The van der Waals surface area contributed by atoms with E-state index < -0.39 is 0 Å². The predicted octanol–water partition coefficient (Wildman–Crippen LogP) is 0.928. The molecule has 0 aliphatic heterocycles. The Balaban J connectivity index is 2.93. The standard InChI is InChI=1S/C6H4N2O2/c9-5-4-2-1-3-7-6(4)10-8-5/h1-3H,(H,8,9). The molecular formula is C6H4N2O2. The van der Waals surface area contributed by atoms with E-state index in [1.54, 1.807) is 18.3 Å². The second-order valence-electron chi connectivity index (χ2n) is 1.86. The number of hydrogen-bond acceptors (Lipinski definition) is 4. The van der Waals surface area contributed by atoms with E-state index in [1.807, 2.05) is 0 Å². The third kappa shape index (κ3) is 0.556. The second kappa shape index (κ2) is 1.70. The van der Waals surface area contributed by atoms with Crippen LogP contribution in [0.2, 0.25) is 0 Å². The van der Waals surface area contributed by atoms with E-state index in [4.69, 9.17) is 5.11 Å². The van der Waals surface area contributed by atoms with Crippen LogP contribution < -0.4 is 0 Å². The summed E-state index contributed by atoms with van der Waals surface area (Å²) >= 11 is 0. The van der Waals surface area contributed by atoms with Crippen molar-refractivity contribution in [3.8, 4) is 5.88 Å². The molecule has 4 heteroatoms. The molecule has 2 rings (SSSR count). The molecule has 2 aromatic rings. The molecule has 0 spiro atoms. The summed E-state index contributed by atoms with van der Waals surface area (Å²) in [6.07, 6.45) is 1.58. The minimum absolute atomic E-state index is 0.108. The van der Waals surface area contributed by atoms with Crippen LogP contribution in [0.1, 0.15) is 0 Å².